The third-order valence-electron chi connectivity index (χ3n) is 2.82. The fraction of sp³-hybridized carbons (Fsp3) is 0.385. The van der Waals surface area contributed by atoms with E-state index < -0.39 is 5.54 Å². The molecule has 0 unspecified atom stereocenters. The van der Waals surface area contributed by atoms with Gasteiger partial charge in [-0.1, -0.05) is 12.1 Å². The van der Waals surface area contributed by atoms with E-state index in [1.165, 1.54) is 11.6 Å². The molecule has 1 aromatic carbocycles. The molecule has 2 N–H and O–H groups in total. The fourth-order valence-electron chi connectivity index (χ4n) is 2.11. The molecule has 0 fully saturated rings. The van der Waals surface area contributed by atoms with Gasteiger partial charge in [-0.05, 0) is 55.5 Å². The molecule has 0 saturated carbocycles. The second-order valence-electron chi connectivity index (χ2n) is 4.68. The van der Waals surface area contributed by atoms with Gasteiger partial charge in [-0.15, -0.1) is 0 Å². The quantitative estimate of drug-likeness (QED) is 0.749. The molecule has 2 heteroatoms. The molecule has 1 nitrogen and oxygen atoms in total. The van der Waals surface area contributed by atoms with Crippen LogP contribution in [0.3, 0.4) is 0 Å². The number of allylic oxidation sites excluding steroid dienone is 1. The van der Waals surface area contributed by atoms with Gasteiger partial charge >= 0.3 is 0 Å². The summed E-state index contributed by atoms with van der Waals surface area (Å²) in [5, 5.41) is 0. The molecule has 0 heterocycles. The molecule has 80 valence electrons. The molecule has 1 aliphatic carbocycles. The molecule has 0 aromatic heterocycles. The first-order valence-corrected chi connectivity index (χ1v) is 5.27. The Morgan fingerprint density at radius 1 is 1.33 bits per heavy atom. The highest BCUT2D eigenvalue weighted by Gasteiger charge is 2.23. The van der Waals surface area contributed by atoms with Crippen LogP contribution in [0, 0.1) is 5.82 Å². The van der Waals surface area contributed by atoms with Crippen molar-refractivity contribution in [2.45, 2.75) is 32.2 Å². The zero-order valence-corrected chi connectivity index (χ0v) is 9.18. The molecule has 1 aromatic rings. The van der Waals surface area contributed by atoms with Crippen LogP contribution in [0.25, 0.3) is 5.57 Å². The third kappa shape index (κ3) is 1.95. The zero-order valence-electron chi connectivity index (χ0n) is 9.18. The summed E-state index contributed by atoms with van der Waals surface area (Å²) in [6.45, 7) is 3.91. The van der Waals surface area contributed by atoms with Crippen molar-refractivity contribution in [3.63, 3.8) is 0 Å². The Morgan fingerprint density at radius 3 is 2.73 bits per heavy atom. The normalized spacial score (nSPS) is 15.9. The average molecular weight is 205 g/mol. The van der Waals surface area contributed by atoms with Crippen molar-refractivity contribution in [1.82, 2.24) is 0 Å². The number of nitrogens with two attached hydrogens (primary N) is 1. The van der Waals surface area contributed by atoms with Crippen LogP contribution in [-0.4, -0.2) is 5.54 Å². The molecule has 0 amide bonds. The molecule has 0 aliphatic heterocycles. The minimum absolute atomic E-state index is 0.189. The van der Waals surface area contributed by atoms with Crippen LogP contribution in [0.4, 0.5) is 4.39 Å². The van der Waals surface area contributed by atoms with Crippen LogP contribution >= 0.6 is 0 Å². The number of hydrogen-bond acceptors (Lipinski definition) is 1. The summed E-state index contributed by atoms with van der Waals surface area (Å²) in [5.41, 5.74) is 8.92. The average Bonchev–Trinajstić information content (AvgIpc) is 2.15. The summed E-state index contributed by atoms with van der Waals surface area (Å²) in [4.78, 5) is 0. The summed E-state index contributed by atoms with van der Waals surface area (Å²) in [5.74, 6) is -0.189. The summed E-state index contributed by atoms with van der Waals surface area (Å²) in [6.07, 6.45) is 4.10. The maximum absolute atomic E-state index is 13.2. The predicted molar refractivity (Wildman–Crippen MR) is 61.0 cm³/mol. The van der Waals surface area contributed by atoms with Gasteiger partial charge in [-0.3, -0.25) is 0 Å². The predicted octanol–water partition coefficient (Wildman–Crippen LogP) is 2.89. The van der Waals surface area contributed by atoms with Crippen LogP contribution in [0.2, 0.25) is 0 Å². The van der Waals surface area contributed by atoms with E-state index in [9.17, 15) is 4.39 Å². The van der Waals surface area contributed by atoms with Crippen molar-refractivity contribution in [2.24, 2.45) is 5.73 Å². The Balaban J connectivity index is 2.54. The number of halogens is 1. The lowest BCUT2D eigenvalue weighted by atomic mass is 9.81. The number of aryl methyl sites for hydroxylation is 1. The third-order valence-corrected chi connectivity index (χ3v) is 2.82. The minimum atomic E-state index is -0.400. The minimum Gasteiger partial charge on any atom is -0.322 e. The molecular formula is C13H16FN. The van der Waals surface area contributed by atoms with E-state index in [4.69, 9.17) is 5.73 Å². The molecule has 1 aliphatic rings. The van der Waals surface area contributed by atoms with Gasteiger partial charge in [0.15, 0.2) is 0 Å². The SMILES string of the molecule is CC(C)(N)C1=CCCc2ccc(F)cc21. The van der Waals surface area contributed by atoms with Crippen molar-refractivity contribution in [1.29, 1.82) is 0 Å². The molecule has 2 rings (SSSR count). The van der Waals surface area contributed by atoms with Gasteiger partial charge in [-0.2, -0.15) is 0 Å². The lowest BCUT2D eigenvalue weighted by molar-refractivity contribution is 0.622. The first-order chi connectivity index (χ1) is 6.98. The number of hydrogen-bond donors (Lipinski definition) is 1. The molecule has 15 heavy (non-hydrogen) atoms. The molecule has 0 radical (unpaired) electrons. The van der Waals surface area contributed by atoms with Crippen LogP contribution in [0.1, 0.15) is 31.4 Å². The van der Waals surface area contributed by atoms with Gasteiger partial charge in [0, 0.05) is 5.54 Å². The molecule has 0 saturated heterocycles. The summed E-state index contributed by atoms with van der Waals surface area (Å²) in [7, 11) is 0. The molecule has 0 atom stereocenters. The Hall–Kier alpha value is -1.15. The maximum Gasteiger partial charge on any atom is 0.123 e. The Labute approximate surface area is 89.8 Å². The van der Waals surface area contributed by atoms with Crippen LogP contribution in [0.15, 0.2) is 24.3 Å². The molecular weight excluding hydrogens is 189 g/mol. The number of fused-ring (bicyclic) bond motifs is 1. The van der Waals surface area contributed by atoms with Crippen LogP contribution in [0.5, 0.6) is 0 Å². The monoisotopic (exact) mass is 205 g/mol. The standard InChI is InChI=1S/C13H16FN/c1-13(2,15)12-5-3-4-9-6-7-10(14)8-11(9)12/h5-8H,3-4,15H2,1-2H3. The second kappa shape index (κ2) is 3.46. The highest BCUT2D eigenvalue weighted by atomic mass is 19.1. The Bertz CT molecular complexity index is 413. The van der Waals surface area contributed by atoms with E-state index in [1.807, 2.05) is 19.9 Å². The topological polar surface area (TPSA) is 26.0 Å². The van der Waals surface area contributed by atoms with Crippen molar-refractivity contribution >= 4 is 5.57 Å². The molecule has 0 bridgehead atoms. The van der Waals surface area contributed by atoms with Gasteiger partial charge in [0.25, 0.3) is 0 Å². The van der Waals surface area contributed by atoms with E-state index in [0.29, 0.717) is 0 Å². The van der Waals surface area contributed by atoms with Crippen LogP contribution < -0.4 is 5.73 Å². The van der Waals surface area contributed by atoms with Crippen molar-refractivity contribution < 1.29 is 4.39 Å². The van der Waals surface area contributed by atoms with Crippen molar-refractivity contribution in [2.75, 3.05) is 0 Å². The van der Waals surface area contributed by atoms with Gasteiger partial charge in [0.1, 0.15) is 5.82 Å². The Kier molecular flexibility index (Phi) is 2.39. The van der Waals surface area contributed by atoms with E-state index in [2.05, 4.69) is 6.08 Å². The first-order valence-electron chi connectivity index (χ1n) is 5.27. The van der Waals surface area contributed by atoms with Gasteiger partial charge in [-0.25, -0.2) is 4.39 Å². The highest BCUT2D eigenvalue weighted by molar-refractivity contribution is 5.75. The maximum atomic E-state index is 13.2. The lowest BCUT2D eigenvalue weighted by Crippen LogP contribution is -2.34. The van der Waals surface area contributed by atoms with Gasteiger partial charge in [0.2, 0.25) is 0 Å². The highest BCUT2D eigenvalue weighted by Crippen LogP contribution is 2.33. The molecule has 0 spiro atoms. The van der Waals surface area contributed by atoms with Crippen molar-refractivity contribution in [3.8, 4) is 0 Å². The lowest BCUT2D eigenvalue weighted by Gasteiger charge is -2.28. The van der Waals surface area contributed by atoms with E-state index >= 15 is 0 Å². The summed E-state index contributed by atoms with van der Waals surface area (Å²) >= 11 is 0. The fourth-order valence-corrected chi connectivity index (χ4v) is 2.11. The first kappa shape index (κ1) is 10.4. The second-order valence-corrected chi connectivity index (χ2v) is 4.68. The van der Waals surface area contributed by atoms with E-state index in [0.717, 1.165) is 24.0 Å². The number of benzene rings is 1. The smallest absolute Gasteiger partial charge is 0.123 e. The summed E-state index contributed by atoms with van der Waals surface area (Å²) < 4.78 is 13.2. The Morgan fingerprint density at radius 2 is 2.07 bits per heavy atom. The van der Waals surface area contributed by atoms with E-state index in [-0.39, 0.29) is 5.82 Å². The summed E-state index contributed by atoms with van der Waals surface area (Å²) in [6, 6.07) is 4.98. The van der Waals surface area contributed by atoms with E-state index in [1.54, 1.807) is 6.07 Å². The van der Waals surface area contributed by atoms with Gasteiger partial charge in [0.05, 0.1) is 0 Å². The van der Waals surface area contributed by atoms with Gasteiger partial charge < -0.3 is 5.73 Å². The largest absolute Gasteiger partial charge is 0.322 e. The zero-order chi connectivity index (χ0) is 11.1. The number of rotatable bonds is 1. The van der Waals surface area contributed by atoms with Crippen LogP contribution in [-0.2, 0) is 6.42 Å². The van der Waals surface area contributed by atoms with Crippen molar-refractivity contribution in [3.05, 3.63) is 41.2 Å².